The van der Waals surface area contributed by atoms with E-state index in [9.17, 15) is 4.79 Å². The van der Waals surface area contributed by atoms with Crippen LogP contribution in [0.4, 0.5) is 5.95 Å². The summed E-state index contributed by atoms with van der Waals surface area (Å²) >= 11 is 1.68. The number of nitrogens with one attached hydrogen (secondary N) is 2. The third kappa shape index (κ3) is 3.53. The van der Waals surface area contributed by atoms with Gasteiger partial charge in [0.05, 0.1) is 5.69 Å². The molecular formula is C17H14N6OS. The van der Waals surface area contributed by atoms with E-state index in [4.69, 9.17) is 0 Å². The van der Waals surface area contributed by atoms with Crippen LogP contribution >= 0.6 is 11.8 Å². The summed E-state index contributed by atoms with van der Waals surface area (Å²) in [6.45, 7) is 0. The molecule has 0 saturated heterocycles. The van der Waals surface area contributed by atoms with Crippen LogP contribution in [0.5, 0.6) is 0 Å². The zero-order chi connectivity index (χ0) is 17.1. The van der Waals surface area contributed by atoms with Crippen molar-refractivity contribution in [2.45, 2.75) is 10.6 Å². The number of fused-ring (bicyclic) bond motifs is 1. The first-order valence-electron chi connectivity index (χ1n) is 7.60. The zero-order valence-electron chi connectivity index (χ0n) is 13.1. The van der Waals surface area contributed by atoms with Gasteiger partial charge in [-0.1, -0.05) is 6.07 Å². The molecule has 0 saturated carbocycles. The van der Waals surface area contributed by atoms with Gasteiger partial charge in [0, 0.05) is 28.6 Å². The number of rotatable bonds is 5. The molecule has 124 valence electrons. The molecule has 3 aromatic heterocycles. The number of amides is 1. The van der Waals surface area contributed by atoms with E-state index in [0.29, 0.717) is 11.5 Å². The van der Waals surface area contributed by atoms with Crippen LogP contribution in [0.25, 0.3) is 5.65 Å². The number of hydrogen-bond acceptors (Lipinski definition) is 5. The van der Waals surface area contributed by atoms with Gasteiger partial charge in [-0.3, -0.25) is 10.1 Å². The lowest BCUT2D eigenvalue weighted by Gasteiger charge is -2.03. The van der Waals surface area contributed by atoms with Gasteiger partial charge in [0.1, 0.15) is 12.0 Å². The highest BCUT2D eigenvalue weighted by molar-refractivity contribution is 7.98. The van der Waals surface area contributed by atoms with Crippen molar-refractivity contribution in [1.29, 1.82) is 0 Å². The molecule has 0 fully saturated rings. The average molecular weight is 350 g/mol. The first-order valence-corrected chi connectivity index (χ1v) is 8.59. The van der Waals surface area contributed by atoms with Crippen molar-refractivity contribution in [1.82, 2.24) is 24.6 Å². The lowest BCUT2D eigenvalue weighted by molar-refractivity contribution is 0.102. The number of carbonyl (C=O) groups excluding carboxylic acids is 1. The van der Waals surface area contributed by atoms with E-state index in [2.05, 4.69) is 25.5 Å². The van der Waals surface area contributed by atoms with Crippen molar-refractivity contribution < 1.29 is 4.79 Å². The number of anilines is 1. The zero-order valence-corrected chi connectivity index (χ0v) is 13.9. The number of benzene rings is 1. The summed E-state index contributed by atoms with van der Waals surface area (Å²) in [5, 5.41) is 8.93. The van der Waals surface area contributed by atoms with Crippen molar-refractivity contribution in [2.75, 3.05) is 5.32 Å². The molecule has 7 nitrogen and oxygen atoms in total. The lowest BCUT2D eigenvalue weighted by atomic mass is 10.2. The van der Waals surface area contributed by atoms with Crippen molar-refractivity contribution in [3.8, 4) is 0 Å². The van der Waals surface area contributed by atoms with Gasteiger partial charge in [-0.05, 0) is 36.4 Å². The number of hydrogen-bond donors (Lipinski definition) is 2. The maximum atomic E-state index is 12.1. The summed E-state index contributed by atoms with van der Waals surface area (Å²) in [7, 11) is 0. The molecule has 0 unspecified atom stereocenters. The van der Waals surface area contributed by atoms with Crippen LogP contribution in [0.3, 0.4) is 0 Å². The third-order valence-corrected chi connectivity index (χ3v) is 4.61. The summed E-state index contributed by atoms with van der Waals surface area (Å²) in [6.07, 6.45) is 5.36. The highest BCUT2D eigenvalue weighted by Gasteiger charge is 2.08. The van der Waals surface area contributed by atoms with Crippen LogP contribution in [-0.2, 0) is 5.75 Å². The topological polar surface area (TPSA) is 88.0 Å². The standard InChI is InChI=1S/C17H14N6OS/c24-16(21-17-18-11-19-22-17)12-4-6-14(7-5-12)25-10-13-9-23-8-2-1-3-15(23)20-13/h1-9,11H,10H2,(H2,18,19,21,22,24). The monoisotopic (exact) mass is 350 g/mol. The molecule has 0 aliphatic carbocycles. The second kappa shape index (κ2) is 6.78. The number of H-pyrrole nitrogens is 1. The largest absolute Gasteiger partial charge is 0.307 e. The molecule has 3 heterocycles. The average Bonchev–Trinajstić information content (AvgIpc) is 3.29. The number of pyridine rings is 1. The van der Waals surface area contributed by atoms with Crippen molar-refractivity contribution in [2.24, 2.45) is 0 Å². The van der Waals surface area contributed by atoms with Gasteiger partial charge in [-0.15, -0.1) is 11.8 Å². The Bertz CT molecular complexity index is 961. The van der Waals surface area contributed by atoms with Crippen molar-refractivity contribution in [3.63, 3.8) is 0 Å². The maximum absolute atomic E-state index is 12.1. The Morgan fingerprint density at radius 3 is 2.84 bits per heavy atom. The smallest absolute Gasteiger partial charge is 0.258 e. The predicted octanol–water partition coefficient (Wildman–Crippen LogP) is 3.00. The van der Waals surface area contributed by atoms with Crippen molar-refractivity contribution in [3.05, 3.63) is 72.4 Å². The molecule has 1 aromatic carbocycles. The van der Waals surface area contributed by atoms with Gasteiger partial charge >= 0.3 is 0 Å². The normalized spacial score (nSPS) is 10.9. The molecule has 2 N–H and O–H groups in total. The highest BCUT2D eigenvalue weighted by Crippen LogP contribution is 2.23. The minimum atomic E-state index is -0.228. The molecule has 0 aliphatic heterocycles. The van der Waals surface area contributed by atoms with Crippen LogP contribution in [-0.4, -0.2) is 30.5 Å². The van der Waals surface area contributed by atoms with E-state index in [0.717, 1.165) is 22.0 Å². The fourth-order valence-corrected chi connectivity index (χ4v) is 3.14. The first-order chi connectivity index (χ1) is 12.3. The van der Waals surface area contributed by atoms with Gasteiger partial charge in [0.15, 0.2) is 0 Å². The molecule has 0 aliphatic rings. The Morgan fingerprint density at radius 1 is 1.20 bits per heavy atom. The highest BCUT2D eigenvalue weighted by atomic mass is 32.2. The number of aromatic amines is 1. The van der Waals surface area contributed by atoms with Gasteiger partial charge in [-0.2, -0.15) is 10.1 Å². The number of nitrogens with zero attached hydrogens (tertiary/aromatic N) is 4. The Hall–Kier alpha value is -3.13. The van der Waals surface area contributed by atoms with Crippen LogP contribution in [0.15, 0.2) is 66.1 Å². The predicted molar refractivity (Wildman–Crippen MR) is 95.5 cm³/mol. The first kappa shape index (κ1) is 15.4. The Labute approximate surface area is 147 Å². The quantitative estimate of drug-likeness (QED) is 0.540. The lowest BCUT2D eigenvalue weighted by Crippen LogP contribution is -2.12. The van der Waals surface area contributed by atoms with E-state index in [1.54, 1.807) is 23.9 Å². The number of imidazole rings is 1. The molecule has 8 heteroatoms. The van der Waals surface area contributed by atoms with Gasteiger partial charge < -0.3 is 4.40 Å². The van der Waals surface area contributed by atoms with Gasteiger partial charge in [-0.25, -0.2) is 10.1 Å². The summed E-state index contributed by atoms with van der Waals surface area (Å²) in [5.74, 6) is 0.870. The minimum Gasteiger partial charge on any atom is -0.307 e. The molecule has 0 radical (unpaired) electrons. The van der Waals surface area contributed by atoms with E-state index in [1.165, 1.54) is 6.33 Å². The second-order valence-corrected chi connectivity index (χ2v) is 6.35. The SMILES string of the molecule is O=C(Nc1ncn[nH]1)c1ccc(SCc2cn3ccccc3n2)cc1. The van der Waals surface area contributed by atoms with Crippen LogP contribution < -0.4 is 5.32 Å². The third-order valence-electron chi connectivity index (χ3n) is 3.56. The van der Waals surface area contributed by atoms with Gasteiger partial charge in [0.25, 0.3) is 5.91 Å². The molecule has 4 rings (SSSR count). The number of aromatic nitrogens is 5. The molecule has 0 atom stereocenters. The van der Waals surface area contributed by atoms with Crippen LogP contribution in [0.2, 0.25) is 0 Å². The molecule has 0 spiro atoms. The summed E-state index contributed by atoms with van der Waals surface area (Å²) in [5.41, 5.74) is 2.52. The van der Waals surface area contributed by atoms with Crippen LogP contribution in [0.1, 0.15) is 16.1 Å². The Balaban J connectivity index is 1.39. The number of thioether (sulfide) groups is 1. The molecule has 25 heavy (non-hydrogen) atoms. The fraction of sp³-hybridized carbons (Fsp3) is 0.0588. The summed E-state index contributed by atoms with van der Waals surface area (Å²) in [4.78, 5) is 21.6. The van der Waals surface area contributed by atoms with Gasteiger partial charge in [0.2, 0.25) is 5.95 Å². The van der Waals surface area contributed by atoms with E-state index in [-0.39, 0.29) is 5.91 Å². The minimum absolute atomic E-state index is 0.228. The molecule has 4 aromatic rings. The van der Waals surface area contributed by atoms with E-state index in [1.807, 2.05) is 47.1 Å². The maximum Gasteiger partial charge on any atom is 0.258 e. The molecule has 1 amide bonds. The van der Waals surface area contributed by atoms with E-state index >= 15 is 0 Å². The van der Waals surface area contributed by atoms with Crippen molar-refractivity contribution >= 4 is 29.3 Å². The second-order valence-electron chi connectivity index (χ2n) is 5.30. The van der Waals surface area contributed by atoms with Crippen LogP contribution in [0, 0.1) is 0 Å². The molecule has 0 bridgehead atoms. The Morgan fingerprint density at radius 2 is 2.08 bits per heavy atom. The Kier molecular flexibility index (Phi) is 4.17. The van der Waals surface area contributed by atoms with E-state index < -0.39 is 0 Å². The fourth-order valence-electron chi connectivity index (χ4n) is 2.36. The molecular weight excluding hydrogens is 336 g/mol. The number of carbonyl (C=O) groups is 1. The summed E-state index contributed by atoms with van der Waals surface area (Å²) in [6, 6.07) is 13.4. The summed E-state index contributed by atoms with van der Waals surface area (Å²) < 4.78 is 2.01.